The Morgan fingerprint density at radius 2 is 1.83 bits per heavy atom. The number of amides is 3. The molecular formula is C12H20N2O4. The molecule has 6 heteroatoms. The lowest BCUT2D eigenvalue weighted by Crippen LogP contribution is -2.35. The summed E-state index contributed by atoms with van der Waals surface area (Å²) in [6.45, 7) is 4.51. The van der Waals surface area contributed by atoms with E-state index in [4.69, 9.17) is 5.11 Å². The molecule has 0 radical (unpaired) electrons. The van der Waals surface area contributed by atoms with E-state index in [2.05, 4.69) is 5.32 Å². The molecule has 1 heterocycles. The van der Waals surface area contributed by atoms with Crippen LogP contribution in [0.5, 0.6) is 0 Å². The lowest BCUT2D eigenvalue weighted by atomic mass is 10.3. The second-order valence-corrected chi connectivity index (χ2v) is 3.34. The maximum absolute atomic E-state index is 11.2. The summed E-state index contributed by atoms with van der Waals surface area (Å²) in [5.74, 6) is -0.998. The van der Waals surface area contributed by atoms with Crippen molar-refractivity contribution in [3.05, 3.63) is 12.2 Å². The van der Waals surface area contributed by atoms with Crippen molar-refractivity contribution in [3.63, 3.8) is 0 Å². The molecule has 3 amide bonds. The molecule has 0 bridgehead atoms. The normalized spacial score (nSPS) is 13.4. The zero-order valence-electron chi connectivity index (χ0n) is 10.8. The molecule has 1 rings (SSSR count). The van der Waals surface area contributed by atoms with E-state index in [0.29, 0.717) is 13.0 Å². The summed E-state index contributed by atoms with van der Waals surface area (Å²) >= 11 is 0. The van der Waals surface area contributed by atoms with Crippen molar-refractivity contribution in [2.24, 2.45) is 0 Å². The number of nitrogens with one attached hydrogen (secondary N) is 1. The van der Waals surface area contributed by atoms with E-state index >= 15 is 0 Å². The molecule has 102 valence electrons. The van der Waals surface area contributed by atoms with Gasteiger partial charge in [-0.15, -0.1) is 0 Å². The highest BCUT2D eigenvalue weighted by molar-refractivity contribution is 6.13. The number of hydrogen-bond donors (Lipinski definition) is 2. The number of hydrogen-bond acceptors (Lipinski definition) is 4. The Balaban J connectivity index is 0.00000137. The fourth-order valence-electron chi connectivity index (χ4n) is 1.26. The van der Waals surface area contributed by atoms with Gasteiger partial charge in [0.05, 0.1) is 0 Å². The second kappa shape index (κ2) is 9.35. The maximum Gasteiger partial charge on any atom is 0.253 e. The van der Waals surface area contributed by atoms with Crippen LogP contribution < -0.4 is 5.32 Å². The van der Waals surface area contributed by atoms with Gasteiger partial charge in [0, 0.05) is 38.3 Å². The van der Waals surface area contributed by atoms with Gasteiger partial charge in [-0.3, -0.25) is 19.3 Å². The molecule has 1 aliphatic heterocycles. The first-order valence-corrected chi connectivity index (χ1v) is 6.06. The van der Waals surface area contributed by atoms with Gasteiger partial charge in [-0.05, 0) is 6.42 Å². The predicted octanol–water partition coefficient (Wildman–Crippen LogP) is -0.174. The van der Waals surface area contributed by atoms with Crippen molar-refractivity contribution < 1.29 is 19.5 Å². The van der Waals surface area contributed by atoms with Crippen LogP contribution in [0.3, 0.4) is 0 Å². The molecule has 0 unspecified atom stereocenters. The highest BCUT2D eigenvalue weighted by Gasteiger charge is 2.23. The lowest BCUT2D eigenvalue weighted by molar-refractivity contribution is -0.137. The van der Waals surface area contributed by atoms with Crippen molar-refractivity contribution in [1.29, 1.82) is 0 Å². The number of aliphatic hydroxyl groups is 1. The molecule has 0 spiro atoms. The zero-order valence-corrected chi connectivity index (χ0v) is 10.8. The molecule has 0 fully saturated rings. The Hall–Kier alpha value is -1.69. The van der Waals surface area contributed by atoms with E-state index in [9.17, 15) is 14.4 Å². The Morgan fingerprint density at radius 3 is 2.33 bits per heavy atom. The minimum absolute atomic E-state index is 0.0211. The number of carbonyl (C=O) groups is 3. The summed E-state index contributed by atoms with van der Waals surface area (Å²) in [4.78, 5) is 34.5. The lowest BCUT2D eigenvalue weighted by Gasteiger charge is -2.13. The van der Waals surface area contributed by atoms with Crippen molar-refractivity contribution in [2.45, 2.75) is 26.7 Å². The molecule has 0 aliphatic carbocycles. The van der Waals surface area contributed by atoms with E-state index in [0.717, 1.165) is 4.90 Å². The average molecular weight is 256 g/mol. The Labute approximate surface area is 107 Å². The quantitative estimate of drug-likeness (QED) is 0.510. The van der Waals surface area contributed by atoms with Gasteiger partial charge in [-0.25, -0.2) is 0 Å². The van der Waals surface area contributed by atoms with Gasteiger partial charge >= 0.3 is 0 Å². The molecule has 0 aromatic carbocycles. The van der Waals surface area contributed by atoms with Gasteiger partial charge in [0.1, 0.15) is 0 Å². The average Bonchev–Trinajstić information content (AvgIpc) is 2.69. The molecule has 18 heavy (non-hydrogen) atoms. The highest BCUT2D eigenvalue weighted by Crippen LogP contribution is 2.03. The van der Waals surface area contributed by atoms with Crippen LogP contribution in [0.15, 0.2) is 12.2 Å². The summed E-state index contributed by atoms with van der Waals surface area (Å²) in [6, 6.07) is 0. The standard InChI is InChI=1S/C10H14N2O4.C2H6/c13-7-1-5-11-8(14)4-6-12-9(15)2-3-10(12)16;1-2/h2-3,13H,1,4-7H2,(H,11,14);1-2H3. The largest absolute Gasteiger partial charge is 0.396 e. The van der Waals surface area contributed by atoms with E-state index < -0.39 is 0 Å². The molecule has 0 saturated carbocycles. The van der Waals surface area contributed by atoms with Gasteiger partial charge < -0.3 is 10.4 Å². The summed E-state index contributed by atoms with van der Waals surface area (Å²) in [7, 11) is 0. The van der Waals surface area contributed by atoms with Crippen LogP contribution in [0.4, 0.5) is 0 Å². The summed E-state index contributed by atoms with van der Waals surface area (Å²) in [5.41, 5.74) is 0. The van der Waals surface area contributed by atoms with Crippen molar-refractivity contribution in [3.8, 4) is 0 Å². The Kier molecular flexibility index (Phi) is 8.47. The van der Waals surface area contributed by atoms with E-state index in [1.54, 1.807) is 0 Å². The highest BCUT2D eigenvalue weighted by atomic mass is 16.3. The van der Waals surface area contributed by atoms with E-state index in [1.807, 2.05) is 13.8 Å². The molecular weight excluding hydrogens is 236 g/mol. The number of carbonyl (C=O) groups excluding carboxylic acids is 3. The van der Waals surface area contributed by atoms with Gasteiger partial charge in [0.15, 0.2) is 0 Å². The topological polar surface area (TPSA) is 86.7 Å². The van der Waals surface area contributed by atoms with Crippen LogP contribution in [-0.4, -0.2) is 47.4 Å². The minimum Gasteiger partial charge on any atom is -0.396 e. The first kappa shape index (κ1) is 16.3. The predicted molar refractivity (Wildman–Crippen MR) is 66.5 cm³/mol. The SMILES string of the molecule is CC.O=C(CCN1C(=O)C=CC1=O)NCCCO. The zero-order chi connectivity index (χ0) is 14.0. The van der Waals surface area contributed by atoms with Crippen LogP contribution in [0.2, 0.25) is 0 Å². The van der Waals surface area contributed by atoms with Gasteiger partial charge in [-0.2, -0.15) is 0 Å². The second-order valence-electron chi connectivity index (χ2n) is 3.34. The number of aliphatic hydroxyl groups excluding tert-OH is 1. The van der Waals surface area contributed by atoms with Crippen molar-refractivity contribution >= 4 is 17.7 Å². The van der Waals surface area contributed by atoms with E-state index in [1.165, 1.54) is 12.2 Å². The molecule has 0 atom stereocenters. The maximum atomic E-state index is 11.2. The third kappa shape index (κ3) is 5.58. The smallest absolute Gasteiger partial charge is 0.253 e. The molecule has 6 nitrogen and oxygen atoms in total. The first-order chi connectivity index (χ1) is 8.65. The minimum atomic E-state index is -0.381. The van der Waals surface area contributed by atoms with Gasteiger partial charge in [-0.1, -0.05) is 13.8 Å². The third-order valence-corrected chi connectivity index (χ3v) is 2.12. The summed E-state index contributed by atoms with van der Waals surface area (Å²) in [5, 5.41) is 11.1. The molecule has 2 N–H and O–H groups in total. The van der Waals surface area contributed by atoms with Crippen LogP contribution in [0.25, 0.3) is 0 Å². The Morgan fingerprint density at radius 1 is 1.28 bits per heavy atom. The summed E-state index contributed by atoms with van der Waals surface area (Å²) in [6.07, 6.45) is 2.96. The van der Waals surface area contributed by atoms with E-state index in [-0.39, 0.29) is 37.3 Å². The third-order valence-electron chi connectivity index (χ3n) is 2.12. The van der Waals surface area contributed by atoms with Crippen molar-refractivity contribution in [2.75, 3.05) is 19.7 Å². The Bertz CT molecular complexity index is 308. The van der Waals surface area contributed by atoms with Crippen LogP contribution in [0, 0.1) is 0 Å². The number of nitrogens with zero attached hydrogens (tertiary/aromatic N) is 1. The molecule has 1 aliphatic rings. The fourth-order valence-corrected chi connectivity index (χ4v) is 1.26. The molecule has 0 aromatic rings. The number of imide groups is 1. The van der Waals surface area contributed by atoms with Crippen LogP contribution in [-0.2, 0) is 14.4 Å². The molecule has 0 aromatic heterocycles. The summed E-state index contributed by atoms with van der Waals surface area (Å²) < 4.78 is 0. The van der Waals surface area contributed by atoms with Gasteiger partial charge in [0.25, 0.3) is 11.8 Å². The van der Waals surface area contributed by atoms with Crippen LogP contribution in [0.1, 0.15) is 26.7 Å². The molecule has 0 saturated heterocycles. The number of rotatable bonds is 6. The van der Waals surface area contributed by atoms with Crippen molar-refractivity contribution in [1.82, 2.24) is 10.2 Å². The first-order valence-electron chi connectivity index (χ1n) is 6.06. The monoisotopic (exact) mass is 256 g/mol. The van der Waals surface area contributed by atoms with Crippen LogP contribution >= 0.6 is 0 Å². The van der Waals surface area contributed by atoms with Gasteiger partial charge in [0.2, 0.25) is 5.91 Å². The fraction of sp³-hybridized carbons (Fsp3) is 0.583.